The van der Waals surface area contributed by atoms with Gasteiger partial charge in [0.05, 0.1) is 17.7 Å². The van der Waals surface area contributed by atoms with Crippen LogP contribution in [0.3, 0.4) is 0 Å². The number of nitrogens with one attached hydrogen (secondary N) is 2. The molecule has 5 nitrogen and oxygen atoms in total. The highest BCUT2D eigenvalue weighted by Crippen LogP contribution is 2.13. The minimum atomic E-state index is -0.225. The number of nitrogens with zero attached hydrogens (tertiary/aromatic N) is 1. The molecule has 6 heteroatoms. The van der Waals surface area contributed by atoms with Crippen LogP contribution in [0.4, 0.5) is 4.79 Å². The molecule has 0 spiro atoms. The van der Waals surface area contributed by atoms with Crippen molar-refractivity contribution in [2.24, 2.45) is 5.92 Å². The highest BCUT2D eigenvalue weighted by molar-refractivity contribution is 7.11. The second-order valence-corrected chi connectivity index (χ2v) is 6.43. The average molecular weight is 299 g/mol. The maximum absolute atomic E-state index is 11.7. The predicted molar refractivity (Wildman–Crippen MR) is 82.1 cm³/mol. The van der Waals surface area contributed by atoms with Gasteiger partial charge in [0.1, 0.15) is 0 Å². The third kappa shape index (κ3) is 6.34. The number of urea groups is 1. The van der Waals surface area contributed by atoms with Crippen LogP contribution in [-0.2, 0) is 12.8 Å². The highest BCUT2D eigenvalue weighted by Gasteiger charge is 2.12. The molecule has 0 aromatic carbocycles. The molecule has 1 heterocycles. The largest absolute Gasteiger partial charge is 0.394 e. The smallest absolute Gasteiger partial charge is 0.315 e. The van der Waals surface area contributed by atoms with E-state index in [1.807, 2.05) is 6.20 Å². The molecule has 1 unspecified atom stereocenters. The molecule has 0 fully saturated rings. The first-order valence-electron chi connectivity index (χ1n) is 7.13. The zero-order valence-electron chi connectivity index (χ0n) is 12.5. The Hall–Kier alpha value is -1.14. The second-order valence-electron chi connectivity index (χ2n) is 5.23. The van der Waals surface area contributed by atoms with E-state index in [4.69, 9.17) is 0 Å². The van der Waals surface area contributed by atoms with E-state index in [1.54, 1.807) is 11.3 Å². The monoisotopic (exact) mass is 299 g/mol. The SMILES string of the molecule is CCc1cnc(CCNC(=O)NC(CO)CC(C)C)s1. The van der Waals surface area contributed by atoms with Crippen LogP contribution in [-0.4, -0.2) is 35.3 Å². The fourth-order valence-electron chi connectivity index (χ4n) is 1.89. The lowest BCUT2D eigenvalue weighted by Gasteiger charge is -2.18. The second kappa shape index (κ2) is 8.92. The Morgan fingerprint density at radius 1 is 1.50 bits per heavy atom. The van der Waals surface area contributed by atoms with Crippen molar-refractivity contribution in [2.75, 3.05) is 13.2 Å². The standard InChI is InChI=1S/C14H25N3O2S/c1-4-12-8-16-13(20-12)5-6-15-14(19)17-11(9-18)7-10(2)3/h8,10-11,18H,4-7,9H2,1-3H3,(H2,15,17,19). The molecule has 1 aromatic rings. The number of aliphatic hydroxyl groups is 1. The molecule has 0 aliphatic heterocycles. The Morgan fingerprint density at radius 3 is 2.80 bits per heavy atom. The van der Waals surface area contributed by atoms with Gasteiger partial charge in [0.15, 0.2) is 0 Å². The van der Waals surface area contributed by atoms with Crippen molar-refractivity contribution in [3.63, 3.8) is 0 Å². The van der Waals surface area contributed by atoms with E-state index in [9.17, 15) is 9.90 Å². The first kappa shape index (κ1) is 16.9. The molecule has 1 rings (SSSR count). The van der Waals surface area contributed by atoms with E-state index in [0.717, 1.165) is 24.3 Å². The summed E-state index contributed by atoms with van der Waals surface area (Å²) in [7, 11) is 0. The summed E-state index contributed by atoms with van der Waals surface area (Å²) in [4.78, 5) is 17.3. The molecule has 20 heavy (non-hydrogen) atoms. The lowest BCUT2D eigenvalue weighted by atomic mass is 10.0. The van der Waals surface area contributed by atoms with Gasteiger partial charge in [-0.15, -0.1) is 11.3 Å². The van der Waals surface area contributed by atoms with Crippen molar-refractivity contribution in [3.05, 3.63) is 16.1 Å². The van der Waals surface area contributed by atoms with Crippen molar-refractivity contribution in [3.8, 4) is 0 Å². The minimum absolute atomic E-state index is 0.0298. The topological polar surface area (TPSA) is 74.2 Å². The summed E-state index contributed by atoms with van der Waals surface area (Å²) >= 11 is 1.69. The molecule has 0 saturated carbocycles. The summed E-state index contributed by atoms with van der Waals surface area (Å²) in [6, 6.07) is -0.404. The van der Waals surface area contributed by atoms with E-state index in [2.05, 4.69) is 36.4 Å². The first-order chi connectivity index (χ1) is 9.55. The van der Waals surface area contributed by atoms with Crippen molar-refractivity contribution < 1.29 is 9.90 Å². The maximum Gasteiger partial charge on any atom is 0.315 e. The van der Waals surface area contributed by atoms with Crippen LogP contribution in [0, 0.1) is 5.92 Å². The van der Waals surface area contributed by atoms with Gasteiger partial charge >= 0.3 is 6.03 Å². The normalized spacial score (nSPS) is 12.4. The van der Waals surface area contributed by atoms with Gasteiger partial charge in [0.2, 0.25) is 0 Å². The summed E-state index contributed by atoms with van der Waals surface area (Å²) in [6.07, 6.45) is 4.41. The van der Waals surface area contributed by atoms with Gasteiger partial charge in [0.25, 0.3) is 0 Å². The maximum atomic E-state index is 11.7. The Labute approximate surface area is 124 Å². The van der Waals surface area contributed by atoms with E-state index in [0.29, 0.717) is 12.5 Å². The average Bonchev–Trinajstić information content (AvgIpc) is 2.85. The molecule has 0 radical (unpaired) electrons. The fourth-order valence-corrected chi connectivity index (χ4v) is 2.76. The quantitative estimate of drug-likeness (QED) is 0.687. The number of aromatic nitrogens is 1. The molecule has 0 saturated heterocycles. The minimum Gasteiger partial charge on any atom is -0.394 e. The molecule has 1 aromatic heterocycles. The molecule has 3 N–H and O–H groups in total. The number of thiazole rings is 1. The highest BCUT2D eigenvalue weighted by atomic mass is 32.1. The number of aryl methyl sites for hydroxylation is 1. The van der Waals surface area contributed by atoms with Crippen molar-refractivity contribution in [2.45, 2.75) is 46.1 Å². The molecular formula is C14H25N3O2S. The number of carbonyl (C=O) groups excluding carboxylic acids is 1. The van der Waals surface area contributed by atoms with Gasteiger partial charge in [-0.25, -0.2) is 9.78 Å². The van der Waals surface area contributed by atoms with Gasteiger partial charge in [-0.2, -0.15) is 0 Å². The molecule has 2 amide bonds. The van der Waals surface area contributed by atoms with Crippen LogP contribution >= 0.6 is 11.3 Å². The van der Waals surface area contributed by atoms with Gasteiger partial charge in [0, 0.05) is 24.0 Å². The molecule has 0 aliphatic rings. The van der Waals surface area contributed by atoms with E-state index in [-0.39, 0.29) is 18.7 Å². The van der Waals surface area contributed by atoms with Crippen LogP contribution in [0.1, 0.15) is 37.1 Å². The van der Waals surface area contributed by atoms with Crippen molar-refractivity contribution in [1.82, 2.24) is 15.6 Å². The zero-order chi connectivity index (χ0) is 15.0. The van der Waals surface area contributed by atoms with E-state index in [1.165, 1.54) is 4.88 Å². The van der Waals surface area contributed by atoms with Gasteiger partial charge < -0.3 is 15.7 Å². The summed E-state index contributed by atoms with van der Waals surface area (Å²) in [5, 5.41) is 15.8. The van der Waals surface area contributed by atoms with Crippen LogP contribution in [0.2, 0.25) is 0 Å². The van der Waals surface area contributed by atoms with Crippen LogP contribution in [0.25, 0.3) is 0 Å². The number of carbonyl (C=O) groups is 1. The van der Waals surface area contributed by atoms with Gasteiger partial charge in [-0.05, 0) is 18.8 Å². The molecule has 0 bridgehead atoms. The van der Waals surface area contributed by atoms with E-state index < -0.39 is 0 Å². The Kier molecular flexibility index (Phi) is 7.54. The summed E-state index contributed by atoms with van der Waals surface area (Å²) in [6.45, 7) is 6.76. The van der Waals surface area contributed by atoms with Gasteiger partial charge in [-0.1, -0.05) is 20.8 Å². The first-order valence-corrected chi connectivity index (χ1v) is 7.95. The van der Waals surface area contributed by atoms with Crippen LogP contribution in [0.5, 0.6) is 0 Å². The Morgan fingerprint density at radius 2 is 2.25 bits per heavy atom. The number of amides is 2. The van der Waals surface area contributed by atoms with Gasteiger partial charge in [-0.3, -0.25) is 0 Å². The fraction of sp³-hybridized carbons (Fsp3) is 0.714. The van der Waals surface area contributed by atoms with Crippen molar-refractivity contribution in [1.29, 1.82) is 0 Å². The Balaban J connectivity index is 2.25. The molecular weight excluding hydrogens is 274 g/mol. The Bertz CT molecular complexity index is 407. The molecule has 114 valence electrons. The third-order valence-electron chi connectivity index (χ3n) is 2.89. The molecule has 1 atom stereocenters. The number of hydrogen-bond acceptors (Lipinski definition) is 4. The van der Waals surface area contributed by atoms with Crippen LogP contribution in [0.15, 0.2) is 6.20 Å². The zero-order valence-corrected chi connectivity index (χ0v) is 13.3. The van der Waals surface area contributed by atoms with Crippen LogP contribution < -0.4 is 10.6 Å². The lowest BCUT2D eigenvalue weighted by molar-refractivity contribution is 0.207. The molecule has 0 aliphatic carbocycles. The number of hydrogen-bond donors (Lipinski definition) is 3. The number of aliphatic hydroxyl groups excluding tert-OH is 1. The third-order valence-corrected chi connectivity index (χ3v) is 4.09. The number of rotatable bonds is 8. The predicted octanol–water partition coefficient (Wildman–Crippen LogP) is 1.95. The summed E-state index contributed by atoms with van der Waals surface area (Å²) < 4.78 is 0. The summed E-state index contributed by atoms with van der Waals surface area (Å²) in [5.74, 6) is 0.440. The summed E-state index contributed by atoms with van der Waals surface area (Å²) in [5.41, 5.74) is 0. The van der Waals surface area contributed by atoms with E-state index >= 15 is 0 Å². The lowest BCUT2D eigenvalue weighted by Crippen LogP contribution is -2.44. The van der Waals surface area contributed by atoms with Crippen molar-refractivity contribution >= 4 is 17.4 Å².